The third kappa shape index (κ3) is 2.08. The van der Waals surface area contributed by atoms with Crippen LogP contribution >= 0.6 is 11.6 Å². The van der Waals surface area contributed by atoms with Crippen molar-refractivity contribution in [3.8, 4) is 0 Å². The largest absolute Gasteiger partial charge is 0.361 e. The van der Waals surface area contributed by atoms with Gasteiger partial charge in [0.15, 0.2) is 0 Å². The standard InChI is InChI=1S/C10H12ClNO3S/c1-8-12(6-7-15-8)16(13,14)10-4-2-9(11)3-5-10/h2-5,8H,6-7H2,1H3. The van der Waals surface area contributed by atoms with Gasteiger partial charge in [-0.05, 0) is 31.2 Å². The van der Waals surface area contributed by atoms with Crippen molar-refractivity contribution < 1.29 is 13.2 Å². The van der Waals surface area contributed by atoms with Gasteiger partial charge in [0.25, 0.3) is 0 Å². The zero-order valence-corrected chi connectivity index (χ0v) is 10.3. The lowest BCUT2D eigenvalue weighted by atomic mass is 10.4. The van der Waals surface area contributed by atoms with Crippen LogP contribution in [-0.2, 0) is 14.8 Å². The van der Waals surface area contributed by atoms with E-state index in [9.17, 15) is 8.42 Å². The van der Waals surface area contributed by atoms with E-state index in [2.05, 4.69) is 0 Å². The van der Waals surface area contributed by atoms with Crippen LogP contribution in [0, 0.1) is 0 Å². The predicted molar refractivity (Wildman–Crippen MR) is 60.8 cm³/mol. The molecule has 1 saturated heterocycles. The second-order valence-corrected chi connectivity index (χ2v) is 5.87. The number of sulfonamides is 1. The molecule has 1 heterocycles. The number of nitrogens with zero attached hydrogens (tertiary/aromatic N) is 1. The number of hydrogen-bond acceptors (Lipinski definition) is 3. The van der Waals surface area contributed by atoms with Gasteiger partial charge in [-0.15, -0.1) is 0 Å². The van der Waals surface area contributed by atoms with Crippen LogP contribution in [0.4, 0.5) is 0 Å². The molecule has 1 aliphatic rings. The van der Waals surface area contributed by atoms with E-state index in [4.69, 9.17) is 16.3 Å². The second-order valence-electron chi connectivity index (χ2n) is 3.54. The highest BCUT2D eigenvalue weighted by molar-refractivity contribution is 7.89. The molecule has 4 nitrogen and oxygen atoms in total. The molecule has 0 bridgehead atoms. The lowest BCUT2D eigenvalue weighted by Crippen LogP contribution is -2.34. The Labute approximate surface area is 99.8 Å². The molecule has 0 amide bonds. The Kier molecular flexibility index (Phi) is 3.21. The first kappa shape index (κ1) is 11.9. The maximum absolute atomic E-state index is 12.2. The van der Waals surface area contributed by atoms with Crippen LogP contribution in [0.5, 0.6) is 0 Å². The molecule has 6 heteroatoms. The topological polar surface area (TPSA) is 46.6 Å². The van der Waals surface area contributed by atoms with Gasteiger partial charge in [-0.1, -0.05) is 11.6 Å². The first-order valence-corrected chi connectivity index (χ1v) is 6.72. The molecular formula is C10H12ClNO3S. The molecule has 1 atom stereocenters. The summed E-state index contributed by atoms with van der Waals surface area (Å²) in [7, 11) is -3.45. The lowest BCUT2D eigenvalue weighted by Gasteiger charge is -2.19. The van der Waals surface area contributed by atoms with Crippen molar-refractivity contribution in [1.82, 2.24) is 4.31 Å². The van der Waals surface area contributed by atoms with Gasteiger partial charge in [-0.25, -0.2) is 8.42 Å². The summed E-state index contributed by atoms with van der Waals surface area (Å²) in [5.41, 5.74) is 0. The fourth-order valence-corrected chi connectivity index (χ4v) is 3.28. The van der Waals surface area contributed by atoms with Gasteiger partial charge >= 0.3 is 0 Å². The van der Waals surface area contributed by atoms with Crippen LogP contribution < -0.4 is 0 Å². The van der Waals surface area contributed by atoms with Crippen molar-refractivity contribution >= 4 is 21.6 Å². The molecule has 1 fully saturated rings. The molecule has 0 spiro atoms. The zero-order valence-electron chi connectivity index (χ0n) is 8.76. The molecule has 0 saturated carbocycles. The van der Waals surface area contributed by atoms with E-state index in [1.54, 1.807) is 19.1 Å². The third-order valence-corrected chi connectivity index (χ3v) is 4.71. The van der Waals surface area contributed by atoms with Crippen LogP contribution in [0.3, 0.4) is 0 Å². The van der Waals surface area contributed by atoms with Gasteiger partial charge in [0.2, 0.25) is 10.0 Å². The summed E-state index contributed by atoms with van der Waals surface area (Å²) in [5, 5.41) is 0.518. The molecule has 88 valence electrons. The van der Waals surface area contributed by atoms with Gasteiger partial charge in [-0.2, -0.15) is 4.31 Å². The van der Waals surface area contributed by atoms with Crippen LogP contribution in [0.15, 0.2) is 29.2 Å². The van der Waals surface area contributed by atoms with Gasteiger partial charge < -0.3 is 4.74 Å². The van der Waals surface area contributed by atoms with Crippen molar-refractivity contribution in [2.75, 3.05) is 13.2 Å². The van der Waals surface area contributed by atoms with Crippen molar-refractivity contribution in [2.24, 2.45) is 0 Å². The summed E-state index contributed by atoms with van der Waals surface area (Å²) in [5.74, 6) is 0. The lowest BCUT2D eigenvalue weighted by molar-refractivity contribution is 0.0846. The van der Waals surface area contributed by atoms with E-state index in [0.29, 0.717) is 18.2 Å². The van der Waals surface area contributed by atoms with E-state index in [0.717, 1.165) is 0 Å². The maximum Gasteiger partial charge on any atom is 0.245 e. The molecule has 1 aromatic rings. The minimum absolute atomic E-state index is 0.245. The number of benzene rings is 1. The minimum atomic E-state index is -3.45. The van der Waals surface area contributed by atoms with E-state index < -0.39 is 16.3 Å². The van der Waals surface area contributed by atoms with E-state index in [1.807, 2.05) is 0 Å². The fraction of sp³-hybridized carbons (Fsp3) is 0.400. The van der Waals surface area contributed by atoms with Crippen LogP contribution in [0.1, 0.15) is 6.92 Å². The third-order valence-electron chi connectivity index (χ3n) is 2.50. The summed E-state index contributed by atoms with van der Waals surface area (Å²) in [6.07, 6.45) is -0.402. The summed E-state index contributed by atoms with van der Waals surface area (Å²) < 4.78 is 30.9. The molecule has 1 aromatic carbocycles. The highest BCUT2D eigenvalue weighted by Crippen LogP contribution is 2.23. The number of ether oxygens (including phenoxy) is 1. The van der Waals surface area contributed by atoms with E-state index in [-0.39, 0.29) is 4.90 Å². The monoisotopic (exact) mass is 261 g/mol. The first-order chi connectivity index (χ1) is 7.51. The molecule has 1 unspecified atom stereocenters. The Bertz CT molecular complexity index is 471. The van der Waals surface area contributed by atoms with Crippen LogP contribution in [0.25, 0.3) is 0 Å². The summed E-state index contributed by atoms with van der Waals surface area (Å²) >= 11 is 5.72. The van der Waals surface area contributed by atoms with Crippen molar-refractivity contribution in [3.63, 3.8) is 0 Å². The average Bonchev–Trinajstić information content (AvgIpc) is 2.66. The molecular weight excluding hydrogens is 250 g/mol. The molecule has 0 radical (unpaired) electrons. The first-order valence-electron chi connectivity index (χ1n) is 4.91. The second kappa shape index (κ2) is 4.33. The van der Waals surface area contributed by atoms with E-state index in [1.165, 1.54) is 16.4 Å². The minimum Gasteiger partial charge on any atom is -0.361 e. The Morgan fingerprint density at radius 2 is 2.00 bits per heavy atom. The molecule has 0 N–H and O–H groups in total. The number of hydrogen-bond donors (Lipinski definition) is 0. The smallest absolute Gasteiger partial charge is 0.245 e. The highest BCUT2D eigenvalue weighted by Gasteiger charge is 2.33. The van der Waals surface area contributed by atoms with Gasteiger partial charge in [-0.3, -0.25) is 0 Å². The Hall–Kier alpha value is -0.620. The molecule has 16 heavy (non-hydrogen) atoms. The van der Waals surface area contributed by atoms with Crippen molar-refractivity contribution in [1.29, 1.82) is 0 Å². The highest BCUT2D eigenvalue weighted by atomic mass is 35.5. The SMILES string of the molecule is CC1OCCN1S(=O)(=O)c1ccc(Cl)cc1. The Morgan fingerprint density at radius 3 is 2.50 bits per heavy atom. The Balaban J connectivity index is 2.35. The fourth-order valence-electron chi connectivity index (χ4n) is 1.64. The number of rotatable bonds is 2. The average molecular weight is 262 g/mol. The maximum atomic E-state index is 12.2. The van der Waals surface area contributed by atoms with Gasteiger partial charge in [0.1, 0.15) is 6.23 Å². The molecule has 0 aromatic heterocycles. The summed E-state index contributed by atoms with van der Waals surface area (Å²) in [6, 6.07) is 6.14. The van der Waals surface area contributed by atoms with E-state index >= 15 is 0 Å². The molecule has 0 aliphatic carbocycles. The Morgan fingerprint density at radius 1 is 1.38 bits per heavy atom. The molecule has 2 rings (SSSR count). The predicted octanol–water partition coefficient (Wildman–Crippen LogP) is 1.71. The van der Waals surface area contributed by atoms with Gasteiger partial charge in [0, 0.05) is 11.6 Å². The summed E-state index contributed by atoms with van der Waals surface area (Å²) in [4.78, 5) is 0.245. The van der Waals surface area contributed by atoms with Crippen molar-refractivity contribution in [2.45, 2.75) is 18.0 Å². The van der Waals surface area contributed by atoms with Crippen LogP contribution in [-0.4, -0.2) is 32.1 Å². The van der Waals surface area contributed by atoms with Crippen molar-refractivity contribution in [3.05, 3.63) is 29.3 Å². The zero-order chi connectivity index (χ0) is 11.8. The quantitative estimate of drug-likeness (QED) is 0.814. The van der Waals surface area contributed by atoms with Crippen LogP contribution in [0.2, 0.25) is 5.02 Å². The normalized spacial score (nSPS) is 22.5. The van der Waals surface area contributed by atoms with Gasteiger partial charge in [0.05, 0.1) is 11.5 Å². The molecule has 1 aliphatic heterocycles. The number of halogens is 1. The summed E-state index contributed by atoms with van der Waals surface area (Å²) in [6.45, 7) is 2.56.